The average molecular weight is 566 g/mol. The first-order valence-corrected chi connectivity index (χ1v) is 18.2. The topological polar surface area (TPSA) is 58.6 Å². The molecule has 0 aromatic carbocycles. The molecule has 0 heterocycles. The van der Waals surface area contributed by atoms with E-state index in [0.29, 0.717) is 17.4 Å². The molecule has 6 heteroatoms. The zero-order valence-corrected chi connectivity index (χ0v) is 26.4. The van der Waals surface area contributed by atoms with Gasteiger partial charge >= 0.3 is 6.09 Å². The molecule has 2 N–H and O–H groups in total. The summed E-state index contributed by atoms with van der Waals surface area (Å²) in [6.45, 7) is 13.3. The molecule has 8 atom stereocenters. The van der Waals surface area contributed by atoms with Crippen LogP contribution in [-0.4, -0.2) is 42.0 Å². The van der Waals surface area contributed by atoms with Gasteiger partial charge in [-0.3, -0.25) is 0 Å². The van der Waals surface area contributed by atoms with Crippen molar-refractivity contribution < 1.29 is 14.6 Å². The van der Waals surface area contributed by atoms with Crippen molar-refractivity contribution in [2.24, 2.45) is 46.3 Å². The van der Waals surface area contributed by atoms with Crippen molar-refractivity contribution in [1.82, 2.24) is 5.32 Å². The van der Waals surface area contributed by atoms with E-state index in [1.54, 1.807) is 27.2 Å². The molecule has 4 nitrogen and oxygen atoms in total. The predicted molar refractivity (Wildman–Crippen MR) is 163 cm³/mol. The van der Waals surface area contributed by atoms with Crippen molar-refractivity contribution in [2.75, 3.05) is 24.7 Å². The monoisotopic (exact) mass is 565 g/mol. The van der Waals surface area contributed by atoms with Crippen molar-refractivity contribution in [3.63, 3.8) is 0 Å². The van der Waals surface area contributed by atoms with Gasteiger partial charge in [-0.1, -0.05) is 87.1 Å². The summed E-state index contributed by atoms with van der Waals surface area (Å²) in [5.41, 5.74) is 2.41. The summed E-state index contributed by atoms with van der Waals surface area (Å²) >= 11 is 0. The van der Waals surface area contributed by atoms with E-state index in [2.05, 4.69) is 46.0 Å². The van der Waals surface area contributed by atoms with Gasteiger partial charge < -0.3 is 15.2 Å². The number of hydrogen-bond donors (Lipinski definition) is 2. The number of alkyl carbamates (subject to hydrolysis) is 1. The van der Waals surface area contributed by atoms with Crippen molar-refractivity contribution in [3.05, 3.63) is 11.6 Å². The maximum Gasteiger partial charge on any atom is 0.407 e. The number of hydrogen-bond acceptors (Lipinski definition) is 5. The summed E-state index contributed by atoms with van der Waals surface area (Å²) in [5.74, 6) is 6.70. The number of aliphatic hydroxyl groups is 1. The van der Waals surface area contributed by atoms with Gasteiger partial charge in [0, 0.05) is 24.5 Å². The van der Waals surface area contributed by atoms with Crippen molar-refractivity contribution in [2.45, 2.75) is 111 Å². The number of ether oxygens (including phenoxy) is 1. The molecule has 4 aliphatic carbocycles. The number of aliphatic hydroxyl groups excluding tert-OH is 1. The number of nitrogens with one attached hydrogen (secondary N) is 1. The summed E-state index contributed by atoms with van der Waals surface area (Å²) in [7, 11) is 3.32. The average Bonchev–Trinajstić information content (AvgIpc) is 3.23. The Hall–Kier alpha value is -0.330. The van der Waals surface area contributed by atoms with Crippen LogP contribution in [0.4, 0.5) is 4.79 Å². The second-order valence-corrected chi connectivity index (χ2v) is 16.6. The SMILES string of the molecule is CC(C)CCC[C@@H](C)C1CCC2C3CC=C4C[C@@H](OC(=O)NCCSSCCO)CC[C@]4(C)C3CC[C@@]21C. The van der Waals surface area contributed by atoms with Crippen LogP contribution in [0, 0.1) is 46.3 Å². The molecule has 0 spiro atoms. The van der Waals surface area contributed by atoms with E-state index in [4.69, 9.17) is 9.84 Å². The Morgan fingerprint density at radius 1 is 1.08 bits per heavy atom. The fourth-order valence-electron chi connectivity index (χ4n) is 9.30. The Morgan fingerprint density at radius 2 is 1.87 bits per heavy atom. The lowest BCUT2D eigenvalue weighted by Crippen LogP contribution is -2.51. The van der Waals surface area contributed by atoms with E-state index in [1.165, 1.54) is 51.4 Å². The zero-order chi connectivity index (χ0) is 27.3. The predicted octanol–water partition coefficient (Wildman–Crippen LogP) is 8.50. The van der Waals surface area contributed by atoms with Gasteiger partial charge in [-0.05, 0) is 91.3 Å². The van der Waals surface area contributed by atoms with Crippen LogP contribution in [0.2, 0.25) is 0 Å². The Kier molecular flexibility index (Phi) is 10.9. The second-order valence-electron chi connectivity index (χ2n) is 13.9. The van der Waals surface area contributed by atoms with Crippen LogP contribution in [0.25, 0.3) is 0 Å². The molecular formula is C32H55NO3S2. The minimum atomic E-state index is -0.270. The summed E-state index contributed by atoms with van der Waals surface area (Å²) in [6.07, 6.45) is 16.5. The number of carbonyl (C=O) groups is 1. The smallest absolute Gasteiger partial charge is 0.407 e. The highest BCUT2D eigenvalue weighted by molar-refractivity contribution is 8.76. The molecule has 4 rings (SSSR count). The summed E-state index contributed by atoms with van der Waals surface area (Å²) in [4.78, 5) is 12.4. The molecule has 3 fully saturated rings. The number of carbonyl (C=O) groups excluding carboxylic acids is 1. The van der Waals surface area contributed by atoms with Gasteiger partial charge in [-0.25, -0.2) is 4.79 Å². The van der Waals surface area contributed by atoms with Gasteiger partial charge in [0.1, 0.15) is 6.10 Å². The molecule has 218 valence electrons. The minimum absolute atomic E-state index is 0.0127. The minimum Gasteiger partial charge on any atom is -0.446 e. The van der Waals surface area contributed by atoms with E-state index >= 15 is 0 Å². The molecule has 0 aromatic heterocycles. The van der Waals surface area contributed by atoms with E-state index in [9.17, 15) is 4.79 Å². The molecule has 38 heavy (non-hydrogen) atoms. The fourth-order valence-corrected chi connectivity index (χ4v) is 11.0. The molecule has 0 radical (unpaired) electrons. The van der Waals surface area contributed by atoms with Crippen LogP contribution in [0.15, 0.2) is 11.6 Å². The first-order chi connectivity index (χ1) is 18.2. The maximum atomic E-state index is 12.4. The number of amides is 1. The lowest BCUT2D eigenvalue weighted by atomic mass is 9.47. The lowest BCUT2D eigenvalue weighted by Gasteiger charge is -2.58. The van der Waals surface area contributed by atoms with Gasteiger partial charge in [0.2, 0.25) is 0 Å². The molecule has 0 saturated heterocycles. The van der Waals surface area contributed by atoms with E-state index in [-0.39, 0.29) is 18.8 Å². The van der Waals surface area contributed by atoms with Crippen molar-refractivity contribution >= 4 is 27.7 Å². The Balaban J connectivity index is 1.31. The Bertz CT molecular complexity index is 819. The van der Waals surface area contributed by atoms with Crippen molar-refractivity contribution in [3.8, 4) is 0 Å². The third kappa shape index (κ3) is 6.75. The first kappa shape index (κ1) is 30.6. The molecule has 0 bridgehead atoms. The molecule has 4 aliphatic rings. The molecular weight excluding hydrogens is 510 g/mol. The van der Waals surface area contributed by atoms with E-state index < -0.39 is 0 Å². The van der Waals surface area contributed by atoms with Crippen LogP contribution in [-0.2, 0) is 4.74 Å². The lowest BCUT2D eigenvalue weighted by molar-refractivity contribution is -0.0581. The quantitative estimate of drug-likeness (QED) is 0.141. The van der Waals surface area contributed by atoms with Gasteiger partial charge in [-0.15, -0.1) is 0 Å². The molecule has 0 aromatic rings. The van der Waals surface area contributed by atoms with Gasteiger partial charge in [0.25, 0.3) is 0 Å². The van der Waals surface area contributed by atoms with Crippen LogP contribution < -0.4 is 5.32 Å². The van der Waals surface area contributed by atoms with Crippen LogP contribution in [0.3, 0.4) is 0 Å². The third-order valence-electron chi connectivity index (χ3n) is 11.2. The second kappa shape index (κ2) is 13.6. The number of fused-ring (bicyclic) bond motifs is 5. The molecule has 1 amide bonds. The van der Waals surface area contributed by atoms with Crippen LogP contribution in [0.5, 0.6) is 0 Å². The largest absolute Gasteiger partial charge is 0.446 e. The van der Waals surface area contributed by atoms with Crippen molar-refractivity contribution in [1.29, 1.82) is 0 Å². The normalized spacial score (nSPS) is 37.1. The summed E-state index contributed by atoms with van der Waals surface area (Å²) in [6, 6.07) is 0. The zero-order valence-electron chi connectivity index (χ0n) is 24.8. The fraction of sp³-hybridized carbons (Fsp3) is 0.906. The van der Waals surface area contributed by atoms with Crippen LogP contribution >= 0.6 is 21.6 Å². The van der Waals surface area contributed by atoms with Crippen LogP contribution in [0.1, 0.15) is 105 Å². The maximum absolute atomic E-state index is 12.4. The van der Waals surface area contributed by atoms with E-state index in [1.807, 2.05) is 0 Å². The third-order valence-corrected chi connectivity index (χ3v) is 13.6. The standard InChI is InChI=1S/C32H55NO3S2/c1-22(2)7-6-8-23(3)27-11-12-28-26-10-9-24-21-25(36-30(35)33-17-19-37-38-20-18-34)13-15-31(24,4)29(26)14-16-32(27,28)5/h9,22-23,25-29,34H,6-8,10-21H2,1-5H3,(H,33,35)/t23-,25+,26?,27?,28?,29?,31+,32-/m1/s1. The van der Waals surface area contributed by atoms with Gasteiger partial charge in [0.15, 0.2) is 0 Å². The Morgan fingerprint density at radius 3 is 2.63 bits per heavy atom. The van der Waals surface area contributed by atoms with Gasteiger partial charge in [0.05, 0.1) is 6.61 Å². The Labute approximate surface area is 241 Å². The summed E-state index contributed by atoms with van der Waals surface area (Å²) < 4.78 is 5.87. The molecule has 3 saturated carbocycles. The molecule has 4 unspecified atom stereocenters. The number of rotatable bonds is 12. The highest BCUT2D eigenvalue weighted by Crippen LogP contribution is 2.67. The highest BCUT2D eigenvalue weighted by atomic mass is 33.1. The van der Waals surface area contributed by atoms with E-state index in [0.717, 1.165) is 66.3 Å². The molecule has 0 aliphatic heterocycles. The van der Waals surface area contributed by atoms with Gasteiger partial charge in [-0.2, -0.15) is 0 Å². The highest BCUT2D eigenvalue weighted by Gasteiger charge is 2.59. The summed E-state index contributed by atoms with van der Waals surface area (Å²) in [5, 5.41) is 11.8. The number of allylic oxidation sites excluding steroid dienone is 1. The first-order valence-electron chi connectivity index (χ1n) is 15.7.